The predicted molar refractivity (Wildman–Crippen MR) is 78.9 cm³/mol. The molecule has 0 fully saturated rings. The molecule has 3 nitrogen and oxygen atoms in total. The molecule has 0 saturated carbocycles. The number of likely N-dealkylation sites (N-methyl/N-ethyl adjacent to an activating group) is 1. The highest BCUT2D eigenvalue weighted by Gasteiger charge is 2.28. The van der Waals surface area contributed by atoms with E-state index in [-0.39, 0.29) is 0 Å². The smallest absolute Gasteiger partial charge is 0.161 e. The molecule has 0 heterocycles. The lowest BCUT2D eigenvalue weighted by Crippen LogP contribution is -2.20. The number of methoxy groups -OCH3 is 2. The normalized spacial score (nSPS) is 17.4. The second-order valence-corrected chi connectivity index (χ2v) is 5.17. The van der Waals surface area contributed by atoms with Crippen LogP contribution >= 0.6 is 0 Å². The van der Waals surface area contributed by atoms with E-state index >= 15 is 0 Å². The Balaban J connectivity index is 2.49. The van der Waals surface area contributed by atoms with Crippen molar-refractivity contribution in [1.29, 1.82) is 0 Å². The van der Waals surface area contributed by atoms with Gasteiger partial charge in [0, 0.05) is 0 Å². The lowest BCUT2D eigenvalue weighted by atomic mass is 9.99. The molecule has 1 aromatic rings. The fourth-order valence-corrected chi connectivity index (χ4v) is 2.86. The van der Waals surface area contributed by atoms with Crippen LogP contribution in [-0.2, 0) is 0 Å². The van der Waals surface area contributed by atoms with Gasteiger partial charge in [-0.2, -0.15) is 0 Å². The minimum Gasteiger partial charge on any atom is -0.493 e. The Morgan fingerprint density at radius 2 is 1.74 bits per heavy atom. The van der Waals surface area contributed by atoms with Gasteiger partial charge in [0.25, 0.3) is 0 Å². The second-order valence-electron chi connectivity index (χ2n) is 5.17. The van der Waals surface area contributed by atoms with Crippen molar-refractivity contribution in [3.63, 3.8) is 0 Å². The van der Waals surface area contributed by atoms with Crippen molar-refractivity contribution in [2.45, 2.75) is 25.8 Å². The van der Waals surface area contributed by atoms with Crippen molar-refractivity contribution >= 4 is 6.08 Å². The van der Waals surface area contributed by atoms with Gasteiger partial charge in [-0.15, -0.1) is 0 Å². The summed E-state index contributed by atoms with van der Waals surface area (Å²) in [5, 5.41) is 0. The summed E-state index contributed by atoms with van der Waals surface area (Å²) in [6.45, 7) is 2.22. The first-order chi connectivity index (χ1) is 9.12. The van der Waals surface area contributed by atoms with Crippen LogP contribution in [0.4, 0.5) is 0 Å². The Morgan fingerprint density at radius 3 is 2.26 bits per heavy atom. The average molecular weight is 261 g/mol. The highest BCUT2D eigenvalue weighted by Crippen LogP contribution is 2.44. The first-order valence-electron chi connectivity index (χ1n) is 6.75. The van der Waals surface area contributed by atoms with Crippen LogP contribution in [0.25, 0.3) is 6.08 Å². The zero-order valence-corrected chi connectivity index (χ0v) is 12.5. The highest BCUT2D eigenvalue weighted by atomic mass is 16.5. The van der Waals surface area contributed by atoms with Crippen LogP contribution in [0.15, 0.2) is 17.7 Å². The molecule has 0 bridgehead atoms. The topological polar surface area (TPSA) is 21.7 Å². The molecule has 1 aliphatic rings. The van der Waals surface area contributed by atoms with Crippen molar-refractivity contribution in [2.75, 3.05) is 28.3 Å². The standard InChI is InChI=1S/C16H23NO2/c1-6-7-11-8-12-9-14(18-4)15(19-5)10-13(12)16(11)17(2)3/h8-10,16H,6-7H2,1-5H3. The van der Waals surface area contributed by atoms with Crippen LogP contribution in [0.5, 0.6) is 11.5 Å². The molecule has 2 rings (SSSR count). The van der Waals surface area contributed by atoms with E-state index in [0.29, 0.717) is 6.04 Å². The molecule has 1 atom stereocenters. The number of hydrogen-bond donors (Lipinski definition) is 0. The second kappa shape index (κ2) is 5.66. The largest absolute Gasteiger partial charge is 0.493 e. The van der Waals surface area contributed by atoms with Gasteiger partial charge >= 0.3 is 0 Å². The van der Waals surface area contributed by atoms with Gasteiger partial charge in [0.2, 0.25) is 0 Å². The van der Waals surface area contributed by atoms with E-state index in [1.54, 1.807) is 14.2 Å². The van der Waals surface area contributed by atoms with Gasteiger partial charge in [0.05, 0.1) is 20.3 Å². The molecule has 1 unspecified atom stereocenters. The van der Waals surface area contributed by atoms with Gasteiger partial charge < -0.3 is 9.47 Å². The summed E-state index contributed by atoms with van der Waals surface area (Å²) >= 11 is 0. The molecule has 0 saturated heterocycles. The SMILES string of the molecule is CCCC1=Cc2cc(OC)c(OC)cc2C1N(C)C. The molecule has 1 aromatic carbocycles. The lowest BCUT2D eigenvalue weighted by molar-refractivity contribution is 0.330. The summed E-state index contributed by atoms with van der Waals surface area (Å²) in [5.41, 5.74) is 4.03. The molecular weight excluding hydrogens is 238 g/mol. The predicted octanol–water partition coefficient (Wildman–Crippen LogP) is 3.50. The number of benzene rings is 1. The first-order valence-corrected chi connectivity index (χ1v) is 6.75. The number of rotatable bonds is 5. The number of fused-ring (bicyclic) bond motifs is 1. The van der Waals surface area contributed by atoms with Crippen LogP contribution in [0, 0.1) is 0 Å². The molecule has 104 valence electrons. The van der Waals surface area contributed by atoms with Crippen LogP contribution < -0.4 is 9.47 Å². The van der Waals surface area contributed by atoms with Crippen LogP contribution in [-0.4, -0.2) is 33.2 Å². The molecule has 0 spiro atoms. The zero-order valence-electron chi connectivity index (χ0n) is 12.5. The number of ether oxygens (including phenoxy) is 2. The minimum atomic E-state index is 0.356. The molecule has 0 amide bonds. The fourth-order valence-electron chi connectivity index (χ4n) is 2.86. The van der Waals surface area contributed by atoms with Gasteiger partial charge in [-0.05, 0) is 49.3 Å². The summed E-state index contributed by atoms with van der Waals surface area (Å²) in [6, 6.07) is 4.54. The zero-order chi connectivity index (χ0) is 14.0. The Labute approximate surface area is 115 Å². The van der Waals surface area contributed by atoms with E-state index in [1.165, 1.54) is 23.1 Å². The van der Waals surface area contributed by atoms with E-state index in [2.05, 4.69) is 44.1 Å². The molecule has 1 aliphatic carbocycles. The summed E-state index contributed by atoms with van der Waals surface area (Å²) in [6.07, 6.45) is 4.59. The minimum absolute atomic E-state index is 0.356. The first kappa shape index (κ1) is 13.9. The highest BCUT2D eigenvalue weighted by molar-refractivity contribution is 5.70. The molecule has 19 heavy (non-hydrogen) atoms. The van der Waals surface area contributed by atoms with Gasteiger partial charge in [-0.1, -0.05) is 19.4 Å². The quantitative estimate of drug-likeness (QED) is 0.809. The third-order valence-electron chi connectivity index (χ3n) is 3.63. The molecule has 3 heteroatoms. The maximum Gasteiger partial charge on any atom is 0.161 e. The van der Waals surface area contributed by atoms with Crippen molar-refractivity contribution in [3.8, 4) is 11.5 Å². The molecule has 0 N–H and O–H groups in total. The van der Waals surface area contributed by atoms with E-state index in [9.17, 15) is 0 Å². The van der Waals surface area contributed by atoms with E-state index < -0.39 is 0 Å². The lowest BCUT2D eigenvalue weighted by Gasteiger charge is -2.24. The Morgan fingerprint density at radius 1 is 1.11 bits per heavy atom. The number of hydrogen-bond acceptors (Lipinski definition) is 3. The third-order valence-corrected chi connectivity index (χ3v) is 3.63. The molecule has 0 radical (unpaired) electrons. The molecule has 0 aliphatic heterocycles. The summed E-state index contributed by atoms with van der Waals surface area (Å²) in [4.78, 5) is 2.26. The van der Waals surface area contributed by atoms with Gasteiger partial charge in [0.1, 0.15) is 0 Å². The van der Waals surface area contributed by atoms with Gasteiger partial charge in [-0.3, -0.25) is 4.90 Å². The van der Waals surface area contributed by atoms with Crippen LogP contribution in [0.3, 0.4) is 0 Å². The van der Waals surface area contributed by atoms with Gasteiger partial charge in [0.15, 0.2) is 11.5 Å². The van der Waals surface area contributed by atoms with Crippen LogP contribution in [0.1, 0.15) is 36.9 Å². The Kier molecular flexibility index (Phi) is 4.15. The van der Waals surface area contributed by atoms with Crippen LogP contribution in [0.2, 0.25) is 0 Å². The number of nitrogens with zero attached hydrogens (tertiary/aromatic N) is 1. The van der Waals surface area contributed by atoms with E-state index in [4.69, 9.17) is 9.47 Å². The molecule has 0 aromatic heterocycles. The van der Waals surface area contributed by atoms with E-state index in [1.807, 2.05) is 0 Å². The van der Waals surface area contributed by atoms with Gasteiger partial charge in [-0.25, -0.2) is 0 Å². The van der Waals surface area contributed by atoms with Crippen molar-refractivity contribution in [2.24, 2.45) is 0 Å². The van der Waals surface area contributed by atoms with E-state index in [0.717, 1.165) is 17.9 Å². The molecular formula is C16H23NO2. The maximum absolute atomic E-state index is 5.42. The van der Waals surface area contributed by atoms with Crippen molar-refractivity contribution in [3.05, 3.63) is 28.8 Å². The Hall–Kier alpha value is -1.48. The maximum atomic E-state index is 5.42. The average Bonchev–Trinajstić information content (AvgIpc) is 2.74. The summed E-state index contributed by atoms with van der Waals surface area (Å²) in [5.74, 6) is 1.60. The Bertz CT molecular complexity index is 492. The monoisotopic (exact) mass is 261 g/mol. The third kappa shape index (κ3) is 2.47. The summed E-state index contributed by atoms with van der Waals surface area (Å²) < 4.78 is 10.8. The van der Waals surface area contributed by atoms with Crippen molar-refractivity contribution in [1.82, 2.24) is 4.90 Å². The van der Waals surface area contributed by atoms with Crippen molar-refractivity contribution < 1.29 is 9.47 Å². The fraction of sp³-hybridized carbons (Fsp3) is 0.500. The summed E-state index contributed by atoms with van der Waals surface area (Å²) in [7, 11) is 7.61.